The maximum absolute atomic E-state index is 13.0. The molecule has 1 aliphatic rings. The molecule has 0 heterocycles. The highest BCUT2D eigenvalue weighted by Gasteiger charge is 2.54. The minimum atomic E-state index is -5.38. The van der Waals surface area contributed by atoms with Crippen molar-refractivity contribution >= 4 is 27.6 Å². The fraction of sp³-hybridized carbons (Fsp3) is 0.755. The van der Waals surface area contributed by atoms with Crippen LogP contribution < -0.4 is 0 Å². The van der Waals surface area contributed by atoms with E-state index in [1.165, 1.54) is 38.5 Å². The van der Waals surface area contributed by atoms with Crippen molar-refractivity contribution < 1.29 is 82.0 Å². The highest BCUT2D eigenvalue weighted by Crippen LogP contribution is 2.49. The first-order valence-electron chi connectivity index (χ1n) is 24.9. The molecule has 0 aromatic carbocycles. The summed E-state index contributed by atoms with van der Waals surface area (Å²) in [5.41, 5.74) is 0. The average Bonchev–Trinajstić information content (AvgIpc) is 3.29. The van der Waals surface area contributed by atoms with E-state index in [1.807, 2.05) is 42.5 Å². The van der Waals surface area contributed by atoms with Gasteiger partial charge in [-0.15, -0.1) is 0 Å². The first kappa shape index (κ1) is 63.7. The minimum Gasteiger partial charge on any atom is -0.462 e. The summed E-state index contributed by atoms with van der Waals surface area (Å²) in [4.78, 5) is 54.3. The number of rotatable bonds is 41. The van der Waals surface area contributed by atoms with E-state index in [4.69, 9.17) is 18.5 Å². The minimum absolute atomic E-state index is 0.0165. The Hall–Kier alpha value is -2.34. The lowest BCUT2D eigenvalue weighted by Gasteiger charge is -2.43. The highest BCUT2D eigenvalue weighted by molar-refractivity contribution is 7.47. The molecule has 1 fully saturated rings. The maximum Gasteiger partial charge on any atom is 0.472 e. The number of phosphoric ester groups is 2. The molecule has 9 atom stereocenters. The Morgan fingerprint density at radius 1 is 0.544 bits per heavy atom. The molecule has 5 unspecified atom stereocenters. The van der Waals surface area contributed by atoms with Crippen LogP contribution in [0.2, 0.25) is 0 Å². The molecule has 394 valence electrons. The molecule has 0 aliphatic heterocycles. The molecule has 0 saturated heterocycles. The molecule has 68 heavy (non-hydrogen) atoms. The normalized spacial score (nSPS) is 22.2. The topological polar surface area (TPSA) is 276 Å². The van der Waals surface area contributed by atoms with Gasteiger partial charge in [0, 0.05) is 12.8 Å². The Labute approximate surface area is 405 Å². The van der Waals surface area contributed by atoms with Crippen LogP contribution in [0.4, 0.5) is 0 Å². The number of hydrogen-bond acceptors (Lipinski definition) is 14. The molecule has 17 nitrogen and oxygen atoms in total. The Morgan fingerprint density at radius 2 is 1.04 bits per heavy atom. The first-order chi connectivity index (χ1) is 32.5. The van der Waals surface area contributed by atoms with Crippen molar-refractivity contribution in [3.63, 3.8) is 0 Å². The lowest BCUT2D eigenvalue weighted by atomic mass is 9.85. The van der Waals surface area contributed by atoms with Gasteiger partial charge in [-0.3, -0.25) is 23.2 Å². The summed E-state index contributed by atoms with van der Waals surface area (Å²) in [6, 6.07) is 0. The van der Waals surface area contributed by atoms with Gasteiger partial charge in [-0.25, -0.2) is 9.13 Å². The molecule has 0 amide bonds. The third-order valence-electron chi connectivity index (χ3n) is 11.2. The fourth-order valence-electron chi connectivity index (χ4n) is 7.24. The molecule has 1 rings (SSSR count). The van der Waals surface area contributed by atoms with Crippen molar-refractivity contribution in [2.24, 2.45) is 0 Å². The van der Waals surface area contributed by atoms with Crippen molar-refractivity contribution in [2.75, 3.05) is 13.2 Å². The zero-order chi connectivity index (χ0) is 50.5. The predicted octanol–water partition coefficient (Wildman–Crippen LogP) is 8.81. The van der Waals surface area contributed by atoms with Gasteiger partial charge in [0.1, 0.15) is 43.2 Å². The third-order valence-corrected chi connectivity index (χ3v) is 12.7. The van der Waals surface area contributed by atoms with Crippen LogP contribution in [-0.2, 0) is 41.8 Å². The first-order valence-corrected chi connectivity index (χ1v) is 28.0. The van der Waals surface area contributed by atoms with Gasteiger partial charge >= 0.3 is 27.6 Å². The second-order valence-electron chi connectivity index (χ2n) is 17.4. The van der Waals surface area contributed by atoms with Gasteiger partial charge < -0.3 is 49.7 Å². The molecule has 1 saturated carbocycles. The number of carbonyl (C=O) groups excluding carboxylic acids is 2. The number of aliphatic hydroxyl groups excluding tert-OH is 5. The summed E-state index contributed by atoms with van der Waals surface area (Å²) in [7, 11) is -10.7. The third kappa shape index (κ3) is 33.3. The average molecular weight is 1010 g/mol. The van der Waals surface area contributed by atoms with Crippen LogP contribution in [0.15, 0.2) is 60.8 Å². The Balaban J connectivity index is 2.63. The zero-order valence-electron chi connectivity index (χ0n) is 40.6. The van der Waals surface area contributed by atoms with Crippen LogP contribution in [0.1, 0.15) is 174 Å². The van der Waals surface area contributed by atoms with Crippen LogP contribution in [0.5, 0.6) is 0 Å². The van der Waals surface area contributed by atoms with E-state index in [2.05, 4.69) is 30.5 Å². The van der Waals surface area contributed by atoms with Gasteiger partial charge in [0.25, 0.3) is 0 Å². The second kappa shape index (κ2) is 39.3. The molecule has 1 aliphatic carbocycles. The summed E-state index contributed by atoms with van der Waals surface area (Å²) >= 11 is 0. The summed E-state index contributed by atoms with van der Waals surface area (Å²) < 4.78 is 49.3. The molecule has 19 heteroatoms. The number of allylic oxidation sites excluding steroid dienone is 9. The summed E-state index contributed by atoms with van der Waals surface area (Å²) in [6.07, 6.45) is 27.8. The van der Waals surface area contributed by atoms with Gasteiger partial charge in [-0.1, -0.05) is 158 Å². The molecule has 0 spiro atoms. The zero-order valence-corrected chi connectivity index (χ0v) is 42.4. The van der Waals surface area contributed by atoms with Gasteiger partial charge in [0.2, 0.25) is 0 Å². The monoisotopic (exact) mass is 1010 g/mol. The van der Waals surface area contributed by atoms with Crippen molar-refractivity contribution in [3.8, 4) is 0 Å². The van der Waals surface area contributed by atoms with E-state index in [1.54, 1.807) is 6.08 Å². The Bertz CT molecular complexity index is 1560. The molecule has 0 bridgehead atoms. The van der Waals surface area contributed by atoms with Gasteiger partial charge in [-0.05, 0) is 64.2 Å². The SMILES string of the molecule is CCCCCCCC/C=C\CCCCCCCCCC(=O)O[C@H](COC(=O)CCC/C=C\C/C=C\C/C=C\C=C\[C@H](O)CCCCC)COP(=O)(O)O[C@H]1C(O)C(O)C(O)[C@@H](OP(=O)(O)O)C1O. The van der Waals surface area contributed by atoms with E-state index in [-0.39, 0.29) is 12.8 Å². The Kier molecular flexibility index (Phi) is 36.8. The molecular formula is C49H86O17P2. The largest absolute Gasteiger partial charge is 0.472 e. The number of carbonyl (C=O) groups is 2. The van der Waals surface area contributed by atoms with Gasteiger partial charge in [-0.2, -0.15) is 0 Å². The van der Waals surface area contributed by atoms with Crippen LogP contribution in [0.3, 0.4) is 0 Å². The number of phosphoric acid groups is 2. The van der Waals surface area contributed by atoms with Crippen LogP contribution in [-0.4, -0.2) is 114 Å². The Morgan fingerprint density at radius 3 is 1.66 bits per heavy atom. The van der Waals surface area contributed by atoms with Crippen molar-refractivity contribution in [3.05, 3.63) is 60.8 Å². The van der Waals surface area contributed by atoms with E-state index in [0.717, 1.165) is 83.5 Å². The van der Waals surface area contributed by atoms with Crippen molar-refractivity contribution in [1.82, 2.24) is 0 Å². The molecule has 0 aromatic rings. The number of aliphatic hydroxyl groups is 5. The lowest BCUT2D eigenvalue weighted by molar-refractivity contribution is -0.216. The summed E-state index contributed by atoms with van der Waals surface area (Å²) in [5, 5.41) is 51.2. The van der Waals surface area contributed by atoms with E-state index in [0.29, 0.717) is 25.7 Å². The number of ether oxygens (including phenoxy) is 2. The van der Waals surface area contributed by atoms with Crippen LogP contribution in [0, 0.1) is 0 Å². The number of unbranched alkanes of at least 4 members (excludes halogenated alkanes) is 16. The molecule has 8 N–H and O–H groups in total. The highest BCUT2D eigenvalue weighted by atomic mass is 31.2. The van der Waals surface area contributed by atoms with E-state index >= 15 is 0 Å². The quantitative estimate of drug-likeness (QED) is 0.00934. The standard InChI is InChI=1S/C49H86O17P2/c1-3-5-7-8-9-10-11-12-13-14-15-16-19-23-26-29-33-37-43(52)64-41(39-63-68(60,61)66-49-46(55)44(53)45(54)48(47(49)56)65-67(57,58)59)38-62-42(51)36-32-28-25-22-20-17-18-21-24-27-31-35-40(50)34-30-6-4-2/h12-13,17-18,22,24-25,27,31,35,40-41,44-50,53-56H,3-11,14-16,19-21,23,26,28-30,32-34,36-39H2,1-2H3,(H,60,61)(H2,57,58,59)/b13-12-,18-17-,25-22-,27-24-,35-31+/t40-,41-,44?,45?,46?,47?,48-,49+/m1/s1. The fourth-order valence-corrected chi connectivity index (χ4v) is 8.78. The van der Waals surface area contributed by atoms with Gasteiger partial charge in [0.15, 0.2) is 6.10 Å². The lowest BCUT2D eigenvalue weighted by Crippen LogP contribution is -2.64. The predicted molar refractivity (Wildman–Crippen MR) is 261 cm³/mol. The summed E-state index contributed by atoms with van der Waals surface area (Å²) in [5.74, 6) is -1.30. The molecule has 0 radical (unpaired) electrons. The smallest absolute Gasteiger partial charge is 0.462 e. The number of esters is 2. The van der Waals surface area contributed by atoms with Crippen LogP contribution >= 0.6 is 15.6 Å². The van der Waals surface area contributed by atoms with Crippen molar-refractivity contribution in [1.29, 1.82) is 0 Å². The maximum atomic E-state index is 13.0. The van der Waals surface area contributed by atoms with E-state index in [9.17, 15) is 58.9 Å². The van der Waals surface area contributed by atoms with E-state index < -0.39 is 89.6 Å². The molecular weight excluding hydrogens is 922 g/mol. The summed E-state index contributed by atoms with van der Waals surface area (Å²) in [6.45, 7) is 2.94. The second-order valence-corrected chi connectivity index (χ2v) is 20.0. The number of hydrogen-bond donors (Lipinski definition) is 8. The van der Waals surface area contributed by atoms with Crippen molar-refractivity contribution in [2.45, 2.75) is 223 Å². The van der Waals surface area contributed by atoms with Crippen LogP contribution in [0.25, 0.3) is 0 Å². The van der Waals surface area contributed by atoms with Gasteiger partial charge in [0.05, 0.1) is 12.7 Å². The molecule has 0 aromatic heterocycles.